The lowest BCUT2D eigenvalue weighted by molar-refractivity contribution is -0.138. The van der Waals surface area contributed by atoms with Gasteiger partial charge in [0, 0.05) is 25.0 Å². The van der Waals surface area contributed by atoms with Gasteiger partial charge in [0.25, 0.3) is 0 Å². The van der Waals surface area contributed by atoms with Crippen molar-refractivity contribution < 1.29 is 14.6 Å². The summed E-state index contributed by atoms with van der Waals surface area (Å²) in [6.07, 6.45) is 1.80. The van der Waals surface area contributed by atoms with E-state index in [-0.39, 0.29) is 5.37 Å². The molecule has 1 aromatic carbocycles. The van der Waals surface area contributed by atoms with Gasteiger partial charge in [-0.25, -0.2) is 0 Å². The van der Waals surface area contributed by atoms with Crippen molar-refractivity contribution in [3.63, 3.8) is 0 Å². The zero-order chi connectivity index (χ0) is 18.4. The van der Waals surface area contributed by atoms with Crippen LogP contribution in [0.1, 0.15) is 16.6 Å². The average Bonchev–Trinajstić information content (AvgIpc) is 3.14. The van der Waals surface area contributed by atoms with Crippen LogP contribution in [0.3, 0.4) is 0 Å². The van der Waals surface area contributed by atoms with E-state index in [1.807, 2.05) is 49.5 Å². The van der Waals surface area contributed by atoms with Crippen LogP contribution in [-0.4, -0.2) is 53.0 Å². The highest BCUT2D eigenvalue weighted by Gasteiger charge is 2.30. The number of likely N-dealkylation sites (N-methyl/N-ethyl adjacent to an activating group) is 1. The van der Waals surface area contributed by atoms with Gasteiger partial charge in [0.05, 0.1) is 11.1 Å². The molecule has 2 heterocycles. The smallest absolute Gasteiger partial charge is 0.321 e. The molecule has 1 saturated heterocycles. The average molecular weight is 373 g/mol. The zero-order valence-electron chi connectivity index (χ0n) is 14.7. The molecule has 2 unspecified atom stereocenters. The molecule has 0 saturated carbocycles. The molecule has 1 aromatic heterocycles. The first-order valence-electron chi connectivity index (χ1n) is 8.53. The largest absolute Gasteiger partial charge is 0.492 e. The molecule has 2 atom stereocenters. The standard InChI is InChI=1S/C19H23N3O3S/c1-22(12-15-4-2-3-9-20-15)10-11-25-16-7-5-14(6-8-16)18-21-17(13-26-18)19(23)24/h2-9,17-18,21H,10-13H2,1H3,(H,23,24). The molecule has 0 amide bonds. The second kappa shape index (κ2) is 9.02. The quantitative estimate of drug-likeness (QED) is 0.736. The number of hydrogen-bond donors (Lipinski definition) is 2. The minimum Gasteiger partial charge on any atom is -0.492 e. The van der Waals surface area contributed by atoms with Crippen molar-refractivity contribution in [2.75, 3.05) is 26.0 Å². The number of carbonyl (C=O) groups is 1. The second-order valence-corrected chi connectivity index (χ2v) is 7.39. The fourth-order valence-corrected chi connectivity index (χ4v) is 3.95. The van der Waals surface area contributed by atoms with Gasteiger partial charge in [0.1, 0.15) is 18.4 Å². The summed E-state index contributed by atoms with van der Waals surface area (Å²) in [5.41, 5.74) is 2.11. The molecule has 26 heavy (non-hydrogen) atoms. The molecule has 1 aliphatic rings. The zero-order valence-corrected chi connectivity index (χ0v) is 15.5. The van der Waals surface area contributed by atoms with Gasteiger partial charge in [0.2, 0.25) is 0 Å². The Hall–Kier alpha value is -2.09. The first-order valence-corrected chi connectivity index (χ1v) is 9.58. The molecule has 0 aliphatic carbocycles. The van der Waals surface area contributed by atoms with Crippen LogP contribution >= 0.6 is 11.8 Å². The Morgan fingerprint density at radius 2 is 2.15 bits per heavy atom. The number of aromatic nitrogens is 1. The summed E-state index contributed by atoms with van der Waals surface area (Å²) in [5, 5.41) is 12.2. The number of aliphatic carboxylic acids is 1. The molecule has 6 nitrogen and oxygen atoms in total. The summed E-state index contributed by atoms with van der Waals surface area (Å²) in [5.74, 6) is 0.605. The van der Waals surface area contributed by atoms with Crippen molar-refractivity contribution in [1.29, 1.82) is 0 Å². The second-order valence-electron chi connectivity index (χ2n) is 6.25. The summed E-state index contributed by atoms with van der Waals surface area (Å²) in [4.78, 5) is 17.5. The van der Waals surface area contributed by atoms with Crippen LogP contribution in [0.25, 0.3) is 0 Å². The lowest BCUT2D eigenvalue weighted by Gasteiger charge is -2.17. The van der Waals surface area contributed by atoms with Crippen LogP contribution in [0, 0.1) is 0 Å². The molecule has 0 bridgehead atoms. The van der Waals surface area contributed by atoms with Crippen molar-refractivity contribution in [2.45, 2.75) is 18.0 Å². The van der Waals surface area contributed by atoms with E-state index < -0.39 is 12.0 Å². The van der Waals surface area contributed by atoms with Gasteiger partial charge >= 0.3 is 5.97 Å². The lowest BCUT2D eigenvalue weighted by atomic mass is 10.2. The predicted molar refractivity (Wildman–Crippen MR) is 102 cm³/mol. The van der Waals surface area contributed by atoms with Gasteiger partial charge < -0.3 is 9.84 Å². The Kier molecular flexibility index (Phi) is 6.49. The molecule has 7 heteroatoms. The number of rotatable bonds is 8. The van der Waals surface area contributed by atoms with E-state index >= 15 is 0 Å². The van der Waals surface area contributed by atoms with Gasteiger partial charge in [0.15, 0.2) is 0 Å². The van der Waals surface area contributed by atoms with Gasteiger partial charge in [-0.3, -0.25) is 20.0 Å². The number of ether oxygens (including phenoxy) is 1. The molecule has 138 valence electrons. The van der Waals surface area contributed by atoms with Crippen LogP contribution < -0.4 is 10.1 Å². The van der Waals surface area contributed by atoms with E-state index in [4.69, 9.17) is 9.84 Å². The minimum absolute atomic E-state index is 0.0228. The van der Waals surface area contributed by atoms with Crippen molar-refractivity contribution in [3.8, 4) is 5.75 Å². The third-order valence-electron chi connectivity index (χ3n) is 4.16. The number of nitrogens with zero attached hydrogens (tertiary/aromatic N) is 2. The maximum Gasteiger partial charge on any atom is 0.321 e. The van der Waals surface area contributed by atoms with Crippen LogP contribution in [0.2, 0.25) is 0 Å². The Bertz CT molecular complexity index is 712. The summed E-state index contributed by atoms with van der Waals surface area (Å²) in [6, 6.07) is 13.3. The summed E-state index contributed by atoms with van der Waals surface area (Å²) < 4.78 is 5.81. The van der Waals surface area contributed by atoms with Crippen molar-refractivity contribution in [3.05, 3.63) is 59.9 Å². The maximum absolute atomic E-state index is 11.0. The summed E-state index contributed by atoms with van der Waals surface area (Å²) >= 11 is 1.62. The molecule has 0 spiro atoms. The fourth-order valence-electron chi connectivity index (χ4n) is 2.71. The van der Waals surface area contributed by atoms with Crippen molar-refractivity contribution in [1.82, 2.24) is 15.2 Å². The van der Waals surface area contributed by atoms with Gasteiger partial charge in [-0.1, -0.05) is 18.2 Å². The molecule has 0 radical (unpaired) electrons. The maximum atomic E-state index is 11.0. The van der Waals surface area contributed by atoms with Gasteiger partial charge in [-0.15, -0.1) is 11.8 Å². The SMILES string of the molecule is CN(CCOc1ccc(C2NC(C(=O)O)CS2)cc1)Cc1ccccn1. The molecular weight excluding hydrogens is 350 g/mol. The fraction of sp³-hybridized carbons (Fsp3) is 0.368. The predicted octanol–water partition coefficient (Wildman–Crippen LogP) is 2.38. The van der Waals surface area contributed by atoms with E-state index in [9.17, 15) is 4.79 Å². The first-order chi connectivity index (χ1) is 12.6. The summed E-state index contributed by atoms with van der Waals surface area (Å²) in [7, 11) is 2.04. The molecule has 3 rings (SSSR count). The van der Waals surface area contributed by atoms with E-state index in [2.05, 4.69) is 15.2 Å². The monoisotopic (exact) mass is 373 g/mol. The minimum atomic E-state index is -0.797. The highest BCUT2D eigenvalue weighted by molar-refractivity contribution is 7.99. The molecule has 2 aromatic rings. The Morgan fingerprint density at radius 1 is 1.35 bits per heavy atom. The number of carboxylic acids is 1. The Labute approximate surface area is 157 Å². The van der Waals surface area contributed by atoms with Gasteiger partial charge in [-0.05, 0) is 36.9 Å². The summed E-state index contributed by atoms with van der Waals surface area (Å²) in [6.45, 7) is 2.19. The van der Waals surface area contributed by atoms with Crippen LogP contribution in [0.5, 0.6) is 5.75 Å². The van der Waals surface area contributed by atoms with Crippen LogP contribution in [0.4, 0.5) is 0 Å². The highest BCUT2D eigenvalue weighted by atomic mass is 32.2. The molecule has 1 fully saturated rings. The highest BCUT2D eigenvalue weighted by Crippen LogP contribution is 2.33. The number of hydrogen-bond acceptors (Lipinski definition) is 6. The lowest BCUT2D eigenvalue weighted by Crippen LogP contribution is -2.33. The van der Waals surface area contributed by atoms with E-state index in [0.717, 1.165) is 30.1 Å². The van der Waals surface area contributed by atoms with Gasteiger partial charge in [-0.2, -0.15) is 0 Å². The first kappa shape index (κ1) is 18.7. The Balaban J connectivity index is 1.42. The third-order valence-corrected chi connectivity index (χ3v) is 5.43. The van der Waals surface area contributed by atoms with Crippen molar-refractivity contribution in [2.24, 2.45) is 0 Å². The van der Waals surface area contributed by atoms with E-state index in [0.29, 0.717) is 12.4 Å². The van der Waals surface area contributed by atoms with Crippen molar-refractivity contribution >= 4 is 17.7 Å². The normalized spacial score (nSPS) is 19.6. The van der Waals surface area contributed by atoms with E-state index in [1.165, 1.54) is 0 Å². The molecule has 1 aliphatic heterocycles. The number of carboxylic acid groups (broad SMARTS) is 1. The number of pyridine rings is 1. The molecule has 2 N–H and O–H groups in total. The topological polar surface area (TPSA) is 74.7 Å². The van der Waals surface area contributed by atoms with Crippen LogP contribution in [0.15, 0.2) is 48.7 Å². The number of nitrogens with one attached hydrogen (secondary N) is 1. The number of benzene rings is 1. The van der Waals surface area contributed by atoms with E-state index in [1.54, 1.807) is 18.0 Å². The third kappa shape index (κ3) is 5.20. The molecular formula is C19H23N3O3S. The van der Waals surface area contributed by atoms with Crippen LogP contribution in [-0.2, 0) is 11.3 Å². The number of thioether (sulfide) groups is 1. The Morgan fingerprint density at radius 3 is 2.81 bits per heavy atom.